The minimum Gasteiger partial charge on any atom is -0.497 e. The van der Waals surface area contributed by atoms with Crippen LogP contribution in [0.15, 0.2) is 60.7 Å². The second-order valence-electron chi connectivity index (χ2n) is 13.3. The van der Waals surface area contributed by atoms with Gasteiger partial charge in [0.15, 0.2) is 5.82 Å². The number of carboxylic acid groups (broad SMARTS) is 1. The molecular formula is C38H34F6N6O5. The first-order chi connectivity index (χ1) is 26.2. The molecule has 2 unspecified atom stereocenters. The highest BCUT2D eigenvalue weighted by molar-refractivity contribution is 5.94. The van der Waals surface area contributed by atoms with Crippen LogP contribution in [0.25, 0.3) is 22.2 Å². The van der Waals surface area contributed by atoms with Gasteiger partial charge in [-0.15, -0.1) is 0 Å². The third-order valence-electron chi connectivity index (χ3n) is 9.73. The van der Waals surface area contributed by atoms with Crippen LogP contribution in [0.3, 0.4) is 0 Å². The molecule has 0 spiro atoms. The van der Waals surface area contributed by atoms with Gasteiger partial charge in [-0.1, -0.05) is 24.3 Å². The molecule has 55 heavy (non-hydrogen) atoms. The maximum absolute atomic E-state index is 16.8. The summed E-state index contributed by atoms with van der Waals surface area (Å²) >= 11 is 0. The largest absolute Gasteiger partial charge is 0.497 e. The Kier molecular flexibility index (Phi) is 10.1. The summed E-state index contributed by atoms with van der Waals surface area (Å²) in [5.41, 5.74) is -3.25. The van der Waals surface area contributed by atoms with Crippen molar-refractivity contribution in [1.82, 2.24) is 19.9 Å². The normalized spacial score (nSPS) is 17.0. The Bertz CT molecular complexity index is 2180. The molecular weight excluding hydrogens is 734 g/mol. The number of benzene rings is 3. The fourth-order valence-electron chi connectivity index (χ4n) is 7.21. The van der Waals surface area contributed by atoms with E-state index in [1.807, 2.05) is 0 Å². The van der Waals surface area contributed by atoms with Crippen LogP contribution in [-0.2, 0) is 24.0 Å². The number of morpholine rings is 1. The van der Waals surface area contributed by atoms with Crippen molar-refractivity contribution in [3.05, 3.63) is 101 Å². The lowest BCUT2D eigenvalue weighted by Crippen LogP contribution is -2.66. The number of pyridine rings is 1. The van der Waals surface area contributed by atoms with Crippen molar-refractivity contribution >= 4 is 28.6 Å². The molecule has 2 bridgehead atoms. The van der Waals surface area contributed by atoms with Crippen molar-refractivity contribution in [2.24, 2.45) is 0 Å². The third kappa shape index (κ3) is 7.35. The summed E-state index contributed by atoms with van der Waals surface area (Å²) in [5.74, 6) is -2.09. The van der Waals surface area contributed by atoms with Crippen molar-refractivity contribution in [2.75, 3.05) is 50.3 Å². The van der Waals surface area contributed by atoms with E-state index < -0.39 is 64.4 Å². The van der Waals surface area contributed by atoms with Crippen LogP contribution in [0.5, 0.6) is 11.5 Å². The lowest BCUT2D eigenvalue weighted by Gasteiger charge is -2.49. The number of methoxy groups -OCH3 is 2. The average molecular weight is 769 g/mol. The number of anilines is 2. The van der Waals surface area contributed by atoms with Crippen molar-refractivity contribution in [2.45, 2.75) is 38.3 Å². The molecule has 17 heteroatoms. The van der Waals surface area contributed by atoms with Gasteiger partial charge in [-0.05, 0) is 60.0 Å². The van der Waals surface area contributed by atoms with Gasteiger partial charge in [0.2, 0.25) is 0 Å². The summed E-state index contributed by atoms with van der Waals surface area (Å²) in [5, 5.41) is 9.28. The van der Waals surface area contributed by atoms with Gasteiger partial charge in [0.05, 0.1) is 56.3 Å². The zero-order valence-electron chi connectivity index (χ0n) is 29.7. The van der Waals surface area contributed by atoms with Gasteiger partial charge in [-0.2, -0.15) is 27.5 Å². The van der Waals surface area contributed by atoms with Crippen molar-refractivity contribution in [1.29, 1.82) is 0 Å². The summed E-state index contributed by atoms with van der Waals surface area (Å²) in [4.78, 5) is 27.9. The number of hydrogen-bond acceptors (Lipinski definition) is 9. The Hall–Kier alpha value is -5.84. The van der Waals surface area contributed by atoms with Crippen LogP contribution in [0, 0.1) is 24.6 Å². The Morgan fingerprint density at radius 1 is 0.891 bits per heavy atom. The zero-order chi connectivity index (χ0) is 39.2. The quantitative estimate of drug-likeness (QED) is 0.122. The Labute approximate surface area is 310 Å². The Balaban J connectivity index is 1.38. The van der Waals surface area contributed by atoms with Crippen LogP contribution in [-0.4, -0.2) is 83.7 Å². The van der Waals surface area contributed by atoms with Crippen LogP contribution in [0.2, 0.25) is 0 Å². The Morgan fingerprint density at radius 3 is 1.96 bits per heavy atom. The minimum atomic E-state index is -5.11. The number of piperazine rings is 1. The maximum Gasteiger partial charge on any atom is 0.418 e. The molecule has 1 amide bonds. The van der Waals surface area contributed by atoms with Gasteiger partial charge in [-0.3, -0.25) is 0 Å². The highest BCUT2D eigenvalue weighted by atomic mass is 19.4. The lowest BCUT2D eigenvalue weighted by molar-refractivity contribution is -0.137. The molecule has 2 saturated heterocycles. The number of amides is 1. The minimum absolute atomic E-state index is 0.00489. The molecule has 2 fully saturated rings. The molecule has 3 aromatic carbocycles. The summed E-state index contributed by atoms with van der Waals surface area (Å²) in [6.07, 6.45) is -7.72. The first-order valence-electron chi connectivity index (χ1n) is 17.0. The molecule has 288 valence electrons. The molecule has 5 aromatic rings. The monoisotopic (exact) mass is 768 g/mol. The van der Waals surface area contributed by atoms with Crippen LogP contribution < -0.4 is 19.3 Å². The standard InChI is InChI=1S/C38H34F6N6O5/c1-20-12-29(48(14-21-4-8-25(53-2)9-5-21)15-22-6-10-26(54-3)11-7-22)45-34(31(20)38(42,43)44)30-28(39)13-27-33(32(30)40)46-36(41)47-35(27)50-23-16-49(37(51)52)17-24(50)19-55-18-23/h4-13,23-24H,14-19H2,1-3H3,(H,51,52). The summed E-state index contributed by atoms with van der Waals surface area (Å²) < 4.78 is 109. The van der Waals surface area contributed by atoms with E-state index in [0.29, 0.717) is 11.5 Å². The Morgan fingerprint density at radius 2 is 1.45 bits per heavy atom. The average Bonchev–Trinajstić information content (AvgIpc) is 3.14. The molecule has 7 rings (SSSR count). The number of hydrogen-bond donors (Lipinski definition) is 1. The summed E-state index contributed by atoms with van der Waals surface area (Å²) in [7, 11) is 3.02. The third-order valence-corrected chi connectivity index (χ3v) is 9.73. The molecule has 2 aromatic heterocycles. The highest BCUT2D eigenvalue weighted by Crippen LogP contribution is 2.44. The van der Waals surface area contributed by atoms with Crippen LogP contribution >= 0.6 is 0 Å². The van der Waals surface area contributed by atoms with E-state index in [2.05, 4.69) is 15.0 Å². The lowest BCUT2D eigenvalue weighted by atomic mass is 9.97. The van der Waals surface area contributed by atoms with Crippen molar-refractivity contribution in [3.8, 4) is 22.8 Å². The van der Waals surface area contributed by atoms with E-state index >= 15 is 13.2 Å². The second kappa shape index (κ2) is 14.8. The molecule has 11 nitrogen and oxygen atoms in total. The van der Waals surface area contributed by atoms with E-state index in [9.17, 15) is 23.1 Å². The number of fused-ring (bicyclic) bond motifs is 3. The van der Waals surface area contributed by atoms with Crippen molar-refractivity contribution < 1.29 is 50.5 Å². The van der Waals surface area contributed by atoms with Crippen LogP contribution in [0.4, 0.5) is 42.8 Å². The second-order valence-corrected chi connectivity index (χ2v) is 13.3. The molecule has 0 aliphatic carbocycles. The predicted molar refractivity (Wildman–Crippen MR) is 189 cm³/mol. The fraction of sp³-hybridized carbons (Fsp3) is 0.316. The van der Waals surface area contributed by atoms with Gasteiger partial charge in [0.1, 0.15) is 34.5 Å². The first kappa shape index (κ1) is 37.5. The first-order valence-corrected chi connectivity index (χ1v) is 17.0. The zero-order valence-corrected chi connectivity index (χ0v) is 29.7. The van der Waals surface area contributed by atoms with Gasteiger partial charge in [0, 0.05) is 31.6 Å². The number of ether oxygens (including phenoxy) is 3. The van der Waals surface area contributed by atoms with E-state index in [4.69, 9.17) is 14.2 Å². The highest BCUT2D eigenvalue weighted by Gasteiger charge is 2.43. The topological polar surface area (TPSA) is 113 Å². The van der Waals surface area contributed by atoms with E-state index in [-0.39, 0.29) is 62.0 Å². The number of aromatic nitrogens is 3. The summed E-state index contributed by atoms with van der Waals surface area (Å²) in [6.45, 7) is 1.28. The SMILES string of the molecule is COc1ccc(CN(Cc2ccc(OC)cc2)c2cc(C)c(C(F)(F)F)c(-c3c(F)cc4c(N5C6COCC5CN(C(=O)O)C6)nc(F)nc4c3F)n2)cc1. The fourth-order valence-corrected chi connectivity index (χ4v) is 7.21. The molecule has 0 saturated carbocycles. The summed E-state index contributed by atoms with van der Waals surface area (Å²) in [6, 6.07) is 14.5. The van der Waals surface area contributed by atoms with Gasteiger partial charge < -0.3 is 34.0 Å². The number of halogens is 6. The smallest absolute Gasteiger partial charge is 0.418 e. The van der Waals surface area contributed by atoms with Gasteiger partial charge in [-0.25, -0.2) is 18.6 Å². The van der Waals surface area contributed by atoms with Crippen molar-refractivity contribution in [3.63, 3.8) is 0 Å². The number of carbonyl (C=O) groups is 1. The maximum atomic E-state index is 16.8. The van der Waals surface area contributed by atoms with Crippen LogP contribution in [0.1, 0.15) is 22.3 Å². The molecule has 2 aliphatic heterocycles. The molecule has 0 radical (unpaired) electrons. The van der Waals surface area contributed by atoms with E-state index in [1.165, 1.54) is 32.1 Å². The molecule has 4 heterocycles. The van der Waals surface area contributed by atoms with Gasteiger partial charge in [0.25, 0.3) is 0 Å². The van der Waals surface area contributed by atoms with E-state index in [1.54, 1.807) is 53.4 Å². The number of aryl methyl sites for hydroxylation is 1. The number of alkyl halides is 3. The molecule has 2 atom stereocenters. The molecule has 1 N–H and O–H groups in total. The molecule has 2 aliphatic rings. The number of nitrogens with zero attached hydrogens (tertiary/aromatic N) is 6. The van der Waals surface area contributed by atoms with E-state index in [0.717, 1.165) is 22.1 Å². The predicted octanol–water partition coefficient (Wildman–Crippen LogP) is 7.23. The number of rotatable bonds is 9. The van der Waals surface area contributed by atoms with Gasteiger partial charge >= 0.3 is 18.3 Å².